The van der Waals surface area contributed by atoms with Crippen molar-refractivity contribution >= 4 is 29.2 Å². The number of hydrogen-bond acceptors (Lipinski definition) is 4. The maximum atomic E-state index is 11.4. The van der Waals surface area contributed by atoms with Gasteiger partial charge >= 0.3 is 5.97 Å². The van der Waals surface area contributed by atoms with Crippen LogP contribution in [0.25, 0.3) is 0 Å². The Morgan fingerprint density at radius 1 is 1.41 bits per heavy atom. The smallest absolute Gasteiger partial charge is 0.325 e. The fourth-order valence-corrected chi connectivity index (χ4v) is 1.37. The van der Waals surface area contributed by atoms with Crippen LogP contribution in [0.3, 0.4) is 0 Å². The number of amides is 1. The Morgan fingerprint density at radius 2 is 2.12 bits per heavy atom. The Labute approximate surface area is 104 Å². The molecule has 0 unspecified atom stereocenters. The van der Waals surface area contributed by atoms with Crippen molar-refractivity contribution in [1.82, 2.24) is 5.32 Å². The summed E-state index contributed by atoms with van der Waals surface area (Å²) < 4.78 is 4.49. The van der Waals surface area contributed by atoms with Crippen molar-refractivity contribution in [2.24, 2.45) is 0 Å². The van der Waals surface area contributed by atoms with E-state index >= 15 is 0 Å². The van der Waals surface area contributed by atoms with E-state index in [-0.39, 0.29) is 12.5 Å². The second-order valence-electron chi connectivity index (χ2n) is 3.20. The van der Waals surface area contributed by atoms with Crippen LogP contribution in [0.1, 0.15) is 10.4 Å². The average molecular weight is 257 g/mol. The minimum atomic E-state index is -0.411. The summed E-state index contributed by atoms with van der Waals surface area (Å²) in [5.41, 5.74) is 0.974. The molecule has 0 atom stereocenters. The first-order valence-corrected chi connectivity index (χ1v) is 5.28. The highest BCUT2D eigenvalue weighted by Gasteiger charge is 2.08. The maximum absolute atomic E-state index is 11.4. The van der Waals surface area contributed by atoms with Crippen molar-refractivity contribution in [3.05, 3.63) is 28.8 Å². The Morgan fingerprint density at radius 3 is 2.71 bits per heavy atom. The molecule has 0 aromatic heterocycles. The second-order valence-corrected chi connectivity index (χ2v) is 3.61. The molecule has 1 aromatic carbocycles. The van der Waals surface area contributed by atoms with Gasteiger partial charge in [0.2, 0.25) is 0 Å². The van der Waals surface area contributed by atoms with Gasteiger partial charge in [-0.3, -0.25) is 9.59 Å². The number of rotatable bonds is 4. The zero-order valence-electron chi connectivity index (χ0n) is 9.54. The SMILES string of the molecule is CNC(=O)c1ccc(Cl)c(NCC(=O)OC)c1. The molecule has 0 saturated carbocycles. The molecule has 92 valence electrons. The lowest BCUT2D eigenvalue weighted by Crippen LogP contribution is -2.19. The van der Waals surface area contributed by atoms with Gasteiger partial charge in [0.05, 0.1) is 17.8 Å². The third-order valence-electron chi connectivity index (χ3n) is 2.11. The number of carbonyl (C=O) groups is 2. The lowest BCUT2D eigenvalue weighted by atomic mass is 10.2. The molecule has 1 amide bonds. The van der Waals surface area contributed by atoms with E-state index in [1.807, 2.05) is 0 Å². The van der Waals surface area contributed by atoms with E-state index in [1.54, 1.807) is 25.2 Å². The van der Waals surface area contributed by atoms with Crippen LogP contribution >= 0.6 is 11.6 Å². The van der Waals surface area contributed by atoms with Crippen molar-refractivity contribution in [3.8, 4) is 0 Å². The highest BCUT2D eigenvalue weighted by molar-refractivity contribution is 6.33. The second kappa shape index (κ2) is 6.10. The van der Waals surface area contributed by atoms with Crippen molar-refractivity contribution in [2.45, 2.75) is 0 Å². The third kappa shape index (κ3) is 3.64. The summed E-state index contributed by atoms with van der Waals surface area (Å²) in [6, 6.07) is 4.76. The fraction of sp³-hybridized carbons (Fsp3) is 0.273. The minimum Gasteiger partial charge on any atom is -0.468 e. The van der Waals surface area contributed by atoms with Crippen LogP contribution in [0.5, 0.6) is 0 Å². The number of halogens is 1. The molecule has 0 aliphatic rings. The minimum absolute atomic E-state index is 0.00653. The molecule has 1 rings (SSSR count). The molecule has 17 heavy (non-hydrogen) atoms. The molecule has 0 bridgehead atoms. The molecule has 0 radical (unpaired) electrons. The van der Waals surface area contributed by atoms with Crippen LogP contribution in [-0.2, 0) is 9.53 Å². The summed E-state index contributed by atoms with van der Waals surface area (Å²) in [6.07, 6.45) is 0. The van der Waals surface area contributed by atoms with Crippen molar-refractivity contribution in [3.63, 3.8) is 0 Å². The van der Waals surface area contributed by atoms with Crippen LogP contribution in [0.4, 0.5) is 5.69 Å². The first-order valence-electron chi connectivity index (χ1n) is 4.90. The number of methoxy groups -OCH3 is 1. The fourth-order valence-electron chi connectivity index (χ4n) is 1.19. The highest BCUT2D eigenvalue weighted by atomic mass is 35.5. The first-order chi connectivity index (χ1) is 8.08. The van der Waals surface area contributed by atoms with E-state index in [0.717, 1.165) is 0 Å². The Hall–Kier alpha value is -1.75. The van der Waals surface area contributed by atoms with Crippen LogP contribution < -0.4 is 10.6 Å². The number of anilines is 1. The molecule has 0 saturated heterocycles. The quantitative estimate of drug-likeness (QED) is 0.797. The molecule has 0 aliphatic heterocycles. The lowest BCUT2D eigenvalue weighted by molar-refractivity contribution is -0.138. The van der Waals surface area contributed by atoms with Gasteiger partial charge in [-0.2, -0.15) is 0 Å². The molecule has 2 N–H and O–H groups in total. The molecule has 1 aromatic rings. The van der Waals surface area contributed by atoms with Gasteiger partial charge in [0.25, 0.3) is 5.91 Å². The first kappa shape index (κ1) is 13.3. The highest BCUT2D eigenvalue weighted by Crippen LogP contribution is 2.22. The molecule has 6 heteroatoms. The Balaban J connectivity index is 2.83. The predicted octanol–water partition coefficient (Wildman–Crippen LogP) is 1.28. The van der Waals surface area contributed by atoms with E-state index in [9.17, 15) is 9.59 Å². The maximum Gasteiger partial charge on any atom is 0.325 e. The van der Waals surface area contributed by atoms with Crippen LogP contribution in [-0.4, -0.2) is 32.6 Å². The average Bonchev–Trinajstić information content (AvgIpc) is 2.36. The summed E-state index contributed by atoms with van der Waals surface area (Å²) in [5.74, 6) is -0.630. The number of esters is 1. The molecule has 0 heterocycles. The summed E-state index contributed by atoms with van der Waals surface area (Å²) in [4.78, 5) is 22.4. The van der Waals surface area contributed by atoms with Gasteiger partial charge in [-0.05, 0) is 18.2 Å². The number of carbonyl (C=O) groups excluding carboxylic acids is 2. The van der Waals surface area contributed by atoms with E-state index in [0.29, 0.717) is 16.3 Å². The Bertz CT molecular complexity index is 435. The molecule has 0 spiro atoms. The largest absolute Gasteiger partial charge is 0.468 e. The lowest BCUT2D eigenvalue weighted by Gasteiger charge is -2.09. The third-order valence-corrected chi connectivity index (χ3v) is 2.44. The van der Waals surface area contributed by atoms with Gasteiger partial charge in [0, 0.05) is 12.6 Å². The topological polar surface area (TPSA) is 67.4 Å². The van der Waals surface area contributed by atoms with E-state index in [1.165, 1.54) is 7.11 Å². The predicted molar refractivity (Wildman–Crippen MR) is 65.3 cm³/mol. The Kier molecular flexibility index (Phi) is 4.78. The van der Waals surface area contributed by atoms with Crippen LogP contribution in [0.15, 0.2) is 18.2 Å². The molecular weight excluding hydrogens is 244 g/mol. The zero-order chi connectivity index (χ0) is 12.8. The summed E-state index contributed by atoms with van der Waals surface area (Å²) in [6.45, 7) is -0.00653. The van der Waals surface area contributed by atoms with Crippen LogP contribution in [0, 0.1) is 0 Å². The summed E-state index contributed by atoms with van der Waals surface area (Å²) >= 11 is 5.92. The standard InChI is InChI=1S/C11H13ClN2O3/c1-13-11(16)7-3-4-8(12)9(5-7)14-6-10(15)17-2/h3-5,14H,6H2,1-2H3,(H,13,16). The number of ether oxygens (including phenoxy) is 1. The van der Waals surface area contributed by atoms with Crippen LogP contribution in [0.2, 0.25) is 5.02 Å². The monoisotopic (exact) mass is 256 g/mol. The number of nitrogens with one attached hydrogen (secondary N) is 2. The van der Waals surface area contributed by atoms with Crippen molar-refractivity contribution in [2.75, 3.05) is 26.0 Å². The van der Waals surface area contributed by atoms with Gasteiger partial charge in [0.15, 0.2) is 0 Å². The van der Waals surface area contributed by atoms with Gasteiger partial charge < -0.3 is 15.4 Å². The number of benzene rings is 1. The molecule has 0 aliphatic carbocycles. The van der Waals surface area contributed by atoms with Gasteiger partial charge in [0.1, 0.15) is 6.54 Å². The van der Waals surface area contributed by atoms with E-state index in [4.69, 9.17) is 11.6 Å². The normalized spacial score (nSPS) is 9.59. The molecular formula is C11H13ClN2O3. The van der Waals surface area contributed by atoms with Gasteiger partial charge in [-0.15, -0.1) is 0 Å². The van der Waals surface area contributed by atoms with Crippen molar-refractivity contribution < 1.29 is 14.3 Å². The molecule has 0 fully saturated rings. The van der Waals surface area contributed by atoms with Gasteiger partial charge in [-0.1, -0.05) is 11.6 Å². The summed E-state index contributed by atoms with van der Waals surface area (Å²) in [5, 5.41) is 5.73. The van der Waals surface area contributed by atoms with E-state index < -0.39 is 5.97 Å². The van der Waals surface area contributed by atoms with Gasteiger partial charge in [-0.25, -0.2) is 0 Å². The summed E-state index contributed by atoms with van der Waals surface area (Å²) in [7, 11) is 2.84. The molecule has 5 nitrogen and oxygen atoms in total. The van der Waals surface area contributed by atoms with E-state index in [2.05, 4.69) is 15.4 Å². The zero-order valence-corrected chi connectivity index (χ0v) is 10.3. The number of hydrogen-bond donors (Lipinski definition) is 2. The van der Waals surface area contributed by atoms with Crippen molar-refractivity contribution in [1.29, 1.82) is 0 Å².